The molecule has 4 heteroatoms. The van der Waals surface area contributed by atoms with Gasteiger partial charge < -0.3 is 5.73 Å². The highest BCUT2D eigenvalue weighted by Gasteiger charge is 2.21. The van der Waals surface area contributed by atoms with Gasteiger partial charge in [0.05, 0.1) is 0 Å². The van der Waals surface area contributed by atoms with Crippen molar-refractivity contribution < 1.29 is 8.78 Å². The maximum atomic E-state index is 12.8. The lowest BCUT2D eigenvalue weighted by molar-refractivity contribution is 0.150. The monoisotopic (exact) mass is 268 g/mol. The zero-order valence-corrected chi connectivity index (χ0v) is 11.2. The topological polar surface area (TPSA) is 29.3 Å². The predicted octanol–water partition coefficient (Wildman–Crippen LogP) is 3.50. The van der Waals surface area contributed by atoms with Crippen LogP contribution < -0.4 is 5.73 Å². The van der Waals surface area contributed by atoms with Gasteiger partial charge in [-0.25, -0.2) is 8.78 Å². The summed E-state index contributed by atoms with van der Waals surface area (Å²) in [6, 6.07) is 6.76. The van der Waals surface area contributed by atoms with Gasteiger partial charge in [-0.2, -0.15) is 0 Å². The van der Waals surface area contributed by atoms with E-state index in [-0.39, 0.29) is 11.6 Å². The van der Waals surface area contributed by atoms with Crippen LogP contribution in [-0.2, 0) is 0 Å². The van der Waals surface area contributed by atoms with Crippen LogP contribution >= 0.6 is 0 Å². The lowest BCUT2D eigenvalue weighted by atomic mass is 10.0. The van der Waals surface area contributed by atoms with Crippen LogP contribution in [0.15, 0.2) is 24.3 Å². The Bertz CT molecular complexity index is 387. The molecule has 106 valence electrons. The van der Waals surface area contributed by atoms with Crippen LogP contribution in [0.4, 0.5) is 8.78 Å². The van der Waals surface area contributed by atoms with E-state index < -0.39 is 6.43 Å². The zero-order valence-electron chi connectivity index (χ0n) is 11.2. The van der Waals surface area contributed by atoms with Gasteiger partial charge in [-0.15, -0.1) is 0 Å². The van der Waals surface area contributed by atoms with E-state index in [1.807, 2.05) is 6.07 Å². The fraction of sp³-hybridized carbons (Fsp3) is 0.600. The van der Waals surface area contributed by atoms with Crippen LogP contribution in [0.3, 0.4) is 0 Å². The fourth-order valence-electron chi connectivity index (χ4n) is 2.80. The minimum atomic E-state index is -2.41. The lowest BCUT2D eigenvalue weighted by Crippen LogP contribution is -2.34. The smallest absolute Gasteiger partial charge is 0.263 e. The maximum absolute atomic E-state index is 12.8. The fourth-order valence-corrected chi connectivity index (χ4v) is 2.80. The Morgan fingerprint density at radius 3 is 2.26 bits per heavy atom. The van der Waals surface area contributed by atoms with Crippen LogP contribution in [0.5, 0.6) is 0 Å². The van der Waals surface area contributed by atoms with E-state index in [4.69, 9.17) is 5.73 Å². The molecule has 1 aromatic carbocycles. The number of alkyl halides is 2. The van der Waals surface area contributed by atoms with Crippen LogP contribution in [0, 0.1) is 0 Å². The third-order valence-corrected chi connectivity index (χ3v) is 3.85. The molecule has 1 unspecified atom stereocenters. The van der Waals surface area contributed by atoms with Gasteiger partial charge in [0, 0.05) is 18.2 Å². The first kappa shape index (κ1) is 14.4. The molecule has 1 aliphatic heterocycles. The highest BCUT2D eigenvalue weighted by molar-refractivity contribution is 5.27. The summed E-state index contributed by atoms with van der Waals surface area (Å²) in [6.07, 6.45) is 2.44. The molecule has 0 aliphatic carbocycles. The van der Waals surface area contributed by atoms with E-state index in [0.29, 0.717) is 6.54 Å². The van der Waals surface area contributed by atoms with Crippen molar-refractivity contribution in [2.24, 2.45) is 5.73 Å². The molecule has 1 heterocycles. The van der Waals surface area contributed by atoms with Crippen LogP contribution in [-0.4, -0.2) is 24.5 Å². The van der Waals surface area contributed by atoms with Gasteiger partial charge in [0.15, 0.2) is 0 Å². The van der Waals surface area contributed by atoms with Crippen molar-refractivity contribution in [2.75, 3.05) is 19.6 Å². The zero-order chi connectivity index (χ0) is 13.7. The molecule has 1 saturated heterocycles. The van der Waals surface area contributed by atoms with Gasteiger partial charge in [-0.05, 0) is 37.6 Å². The summed E-state index contributed by atoms with van der Waals surface area (Å²) in [5.74, 6) is 0. The summed E-state index contributed by atoms with van der Waals surface area (Å²) in [7, 11) is 0. The maximum Gasteiger partial charge on any atom is 0.263 e. The standard InChI is InChI=1S/C15H22F2N2/c16-15(17)13-7-5-6-12(10-13)14(11-18)19-8-3-1-2-4-9-19/h5-7,10,14-15H,1-4,8-9,11,18H2. The summed E-state index contributed by atoms with van der Waals surface area (Å²) in [6.45, 7) is 2.51. The number of likely N-dealkylation sites (tertiary alicyclic amines) is 1. The average molecular weight is 268 g/mol. The Hall–Kier alpha value is -1.00. The number of hydrogen-bond acceptors (Lipinski definition) is 2. The number of rotatable bonds is 4. The summed E-state index contributed by atoms with van der Waals surface area (Å²) >= 11 is 0. The van der Waals surface area contributed by atoms with Gasteiger partial charge in [-0.1, -0.05) is 31.0 Å². The molecule has 1 fully saturated rings. The highest BCUT2D eigenvalue weighted by Crippen LogP contribution is 2.27. The van der Waals surface area contributed by atoms with Gasteiger partial charge in [0.25, 0.3) is 6.43 Å². The molecule has 1 atom stereocenters. The van der Waals surface area contributed by atoms with Gasteiger partial charge in [0.1, 0.15) is 0 Å². The quantitative estimate of drug-likeness (QED) is 0.905. The number of hydrogen-bond donors (Lipinski definition) is 1. The second-order valence-corrected chi connectivity index (χ2v) is 5.17. The number of nitrogens with two attached hydrogens (primary N) is 1. The summed E-state index contributed by atoms with van der Waals surface area (Å²) in [5.41, 5.74) is 6.89. The Labute approximate surface area is 113 Å². The van der Waals surface area contributed by atoms with Crippen molar-refractivity contribution in [1.29, 1.82) is 0 Å². The highest BCUT2D eigenvalue weighted by atomic mass is 19.3. The molecular formula is C15H22F2N2. The van der Waals surface area contributed by atoms with Gasteiger partial charge >= 0.3 is 0 Å². The molecule has 0 aromatic heterocycles. The van der Waals surface area contributed by atoms with Gasteiger partial charge in [0.2, 0.25) is 0 Å². The van der Waals surface area contributed by atoms with Crippen molar-refractivity contribution in [1.82, 2.24) is 4.90 Å². The third-order valence-electron chi connectivity index (χ3n) is 3.85. The molecular weight excluding hydrogens is 246 g/mol. The van der Waals surface area contributed by atoms with Crippen molar-refractivity contribution in [3.63, 3.8) is 0 Å². The molecule has 0 radical (unpaired) electrons. The summed E-state index contributed by atoms with van der Waals surface area (Å²) in [5, 5.41) is 0. The molecule has 19 heavy (non-hydrogen) atoms. The molecule has 0 saturated carbocycles. The minimum absolute atomic E-state index is 0.0665. The van der Waals surface area contributed by atoms with E-state index in [9.17, 15) is 8.78 Å². The van der Waals surface area contributed by atoms with Crippen molar-refractivity contribution >= 4 is 0 Å². The van der Waals surface area contributed by atoms with Crippen molar-refractivity contribution in [3.8, 4) is 0 Å². The molecule has 0 bridgehead atoms. The van der Waals surface area contributed by atoms with E-state index in [1.54, 1.807) is 12.1 Å². The minimum Gasteiger partial charge on any atom is -0.329 e. The number of halogens is 2. The van der Waals surface area contributed by atoms with Crippen molar-refractivity contribution in [2.45, 2.75) is 38.2 Å². The van der Waals surface area contributed by atoms with Crippen LogP contribution in [0.2, 0.25) is 0 Å². The average Bonchev–Trinajstić information content (AvgIpc) is 2.69. The molecule has 2 nitrogen and oxygen atoms in total. The normalized spacial score (nSPS) is 19.4. The van der Waals surface area contributed by atoms with E-state index >= 15 is 0 Å². The van der Waals surface area contributed by atoms with E-state index in [2.05, 4.69) is 4.90 Å². The third kappa shape index (κ3) is 3.74. The SMILES string of the molecule is NCC(c1cccc(C(F)F)c1)N1CCCCCC1. The summed E-state index contributed by atoms with van der Waals surface area (Å²) < 4.78 is 25.6. The Kier molecular flexibility index (Phi) is 5.28. The van der Waals surface area contributed by atoms with Gasteiger partial charge in [-0.3, -0.25) is 4.90 Å². The molecule has 1 aliphatic rings. The lowest BCUT2D eigenvalue weighted by Gasteiger charge is -2.30. The Morgan fingerprint density at radius 1 is 1.05 bits per heavy atom. The first-order valence-electron chi connectivity index (χ1n) is 7.04. The molecule has 1 aromatic rings. The molecule has 2 N–H and O–H groups in total. The predicted molar refractivity (Wildman–Crippen MR) is 73.2 cm³/mol. The molecule has 0 amide bonds. The first-order valence-corrected chi connectivity index (χ1v) is 7.04. The van der Waals surface area contributed by atoms with E-state index in [1.165, 1.54) is 31.7 Å². The van der Waals surface area contributed by atoms with Crippen molar-refractivity contribution in [3.05, 3.63) is 35.4 Å². The van der Waals surface area contributed by atoms with Crippen LogP contribution in [0.1, 0.15) is 49.3 Å². The largest absolute Gasteiger partial charge is 0.329 e. The number of nitrogens with zero attached hydrogens (tertiary/aromatic N) is 1. The van der Waals surface area contributed by atoms with E-state index in [0.717, 1.165) is 18.7 Å². The summed E-state index contributed by atoms with van der Waals surface area (Å²) in [4.78, 5) is 2.34. The Balaban J connectivity index is 2.17. The number of benzene rings is 1. The first-order chi connectivity index (χ1) is 9.22. The second-order valence-electron chi connectivity index (χ2n) is 5.17. The van der Waals surface area contributed by atoms with Crippen LogP contribution in [0.25, 0.3) is 0 Å². The molecule has 2 rings (SSSR count). The Morgan fingerprint density at radius 2 is 1.68 bits per heavy atom. The molecule has 0 spiro atoms. The second kappa shape index (κ2) is 6.96.